The Balaban J connectivity index is 2.66. The Kier molecular flexibility index (Phi) is 4.72. The van der Waals surface area contributed by atoms with Crippen molar-refractivity contribution >= 4 is 28.3 Å². The van der Waals surface area contributed by atoms with Crippen LogP contribution in [0.4, 0.5) is 32.0 Å². The molecule has 130 valence electrons. The Bertz CT molecular complexity index is 691. The first-order valence-electron chi connectivity index (χ1n) is 6.34. The molecule has 0 radical (unpaired) electrons. The zero-order valence-electron chi connectivity index (χ0n) is 11.5. The van der Waals surface area contributed by atoms with Gasteiger partial charge in [-0.05, 0) is 34.2 Å². The van der Waals surface area contributed by atoms with E-state index in [2.05, 4.69) is 0 Å². The summed E-state index contributed by atoms with van der Waals surface area (Å²) in [6.07, 6.45) is -9.07. The number of non-ortho nitro benzene ring substituents is 1. The van der Waals surface area contributed by atoms with Gasteiger partial charge in [0.1, 0.15) is 0 Å². The van der Waals surface area contributed by atoms with E-state index < -0.39 is 34.3 Å². The second kappa shape index (κ2) is 6.05. The Morgan fingerprint density at radius 3 is 1.96 bits per heavy atom. The third-order valence-corrected chi connectivity index (χ3v) is 4.38. The van der Waals surface area contributed by atoms with Gasteiger partial charge in [0, 0.05) is 21.6 Å². The largest absolute Gasteiger partial charge is 0.407 e. The van der Waals surface area contributed by atoms with E-state index in [-0.39, 0.29) is 15.2 Å². The highest BCUT2D eigenvalue weighted by Crippen LogP contribution is 2.61. The van der Waals surface area contributed by atoms with E-state index in [0.29, 0.717) is 0 Å². The molecule has 0 bridgehead atoms. The molecule has 1 aliphatic rings. The van der Waals surface area contributed by atoms with Crippen LogP contribution in [0.2, 0.25) is 0 Å². The first-order valence-corrected chi connectivity index (χ1v) is 7.42. The minimum Gasteiger partial charge on any atom is -0.258 e. The molecular formula is C14H8F6INO2. The summed E-state index contributed by atoms with van der Waals surface area (Å²) in [5.74, 6) is -2.07. The van der Waals surface area contributed by atoms with E-state index in [9.17, 15) is 36.5 Å². The molecule has 1 aliphatic carbocycles. The third-order valence-electron chi connectivity index (χ3n) is 3.71. The summed E-state index contributed by atoms with van der Waals surface area (Å²) in [5, 5.41) is 10.6. The zero-order valence-corrected chi connectivity index (χ0v) is 13.7. The number of halogens is 7. The van der Waals surface area contributed by atoms with Crippen molar-refractivity contribution in [3.05, 3.63) is 61.8 Å². The number of allylic oxidation sites excluding steroid dienone is 4. The zero-order chi connectivity index (χ0) is 18.3. The molecule has 10 heteroatoms. The number of alkyl halides is 6. The van der Waals surface area contributed by atoms with Gasteiger partial charge >= 0.3 is 12.4 Å². The summed E-state index contributed by atoms with van der Waals surface area (Å²) in [5.41, 5.74) is -4.83. The summed E-state index contributed by atoms with van der Waals surface area (Å²) in [6, 6.07) is 3.57. The number of nitro benzene ring substituents is 1. The molecule has 0 fully saturated rings. The highest BCUT2D eigenvalue weighted by molar-refractivity contribution is 14.1. The molecule has 0 saturated carbocycles. The van der Waals surface area contributed by atoms with Gasteiger partial charge in [-0.25, -0.2) is 0 Å². The fourth-order valence-electron chi connectivity index (χ4n) is 2.55. The standard InChI is InChI=1S/C14H8F6INO2/c15-13(16,17)12(14(18,19)20)7-9(21)3-6-11(12)8-1-4-10(5-2-8)22(23)24/h1-7,11H. The lowest BCUT2D eigenvalue weighted by atomic mass is 9.68. The minimum absolute atomic E-state index is 0.152. The van der Waals surface area contributed by atoms with Gasteiger partial charge in [0.05, 0.1) is 4.92 Å². The maximum Gasteiger partial charge on any atom is 0.407 e. The van der Waals surface area contributed by atoms with Gasteiger partial charge in [-0.2, -0.15) is 26.3 Å². The van der Waals surface area contributed by atoms with Crippen LogP contribution in [0.3, 0.4) is 0 Å². The molecular weight excluding hydrogens is 455 g/mol. The van der Waals surface area contributed by atoms with E-state index in [1.165, 1.54) is 22.6 Å². The summed E-state index contributed by atoms with van der Waals surface area (Å²) in [7, 11) is 0. The molecule has 1 atom stereocenters. The maximum absolute atomic E-state index is 13.5. The van der Waals surface area contributed by atoms with Crippen LogP contribution in [0.15, 0.2) is 46.1 Å². The number of benzene rings is 1. The molecule has 0 amide bonds. The van der Waals surface area contributed by atoms with E-state index in [1.54, 1.807) is 0 Å². The average Bonchev–Trinajstić information content (AvgIpc) is 2.44. The first-order chi connectivity index (χ1) is 10.9. The average molecular weight is 463 g/mol. The summed E-state index contributed by atoms with van der Waals surface area (Å²) >= 11 is 1.39. The highest BCUT2D eigenvalue weighted by Gasteiger charge is 2.73. The molecule has 0 saturated heterocycles. The van der Waals surface area contributed by atoms with E-state index in [1.807, 2.05) is 0 Å². The Labute approximate surface area is 145 Å². The van der Waals surface area contributed by atoms with Crippen molar-refractivity contribution in [3.8, 4) is 0 Å². The number of nitro groups is 1. The molecule has 1 aromatic rings. The molecule has 3 nitrogen and oxygen atoms in total. The highest BCUT2D eigenvalue weighted by atomic mass is 127. The van der Waals surface area contributed by atoms with E-state index in [4.69, 9.17) is 0 Å². The maximum atomic E-state index is 13.5. The lowest BCUT2D eigenvalue weighted by Gasteiger charge is -2.41. The van der Waals surface area contributed by atoms with Crippen molar-refractivity contribution in [2.24, 2.45) is 5.41 Å². The molecule has 1 unspecified atom stereocenters. The minimum atomic E-state index is -5.60. The van der Waals surface area contributed by atoms with Crippen LogP contribution in [0, 0.1) is 15.5 Å². The second-order valence-corrected chi connectivity index (χ2v) is 6.32. The van der Waals surface area contributed by atoms with Crippen molar-refractivity contribution < 1.29 is 31.3 Å². The first kappa shape index (κ1) is 18.7. The predicted molar refractivity (Wildman–Crippen MR) is 81.6 cm³/mol. The Morgan fingerprint density at radius 2 is 1.54 bits per heavy atom. The summed E-state index contributed by atoms with van der Waals surface area (Å²) in [6.45, 7) is 0. The van der Waals surface area contributed by atoms with E-state index in [0.717, 1.165) is 36.4 Å². The number of rotatable bonds is 2. The smallest absolute Gasteiger partial charge is 0.258 e. The van der Waals surface area contributed by atoms with Crippen molar-refractivity contribution in [1.29, 1.82) is 0 Å². The van der Waals surface area contributed by atoms with Crippen LogP contribution >= 0.6 is 22.6 Å². The Morgan fingerprint density at radius 1 is 1.04 bits per heavy atom. The van der Waals surface area contributed by atoms with Crippen LogP contribution in [0.5, 0.6) is 0 Å². The van der Waals surface area contributed by atoms with Gasteiger partial charge in [0.25, 0.3) is 5.69 Å². The van der Waals surface area contributed by atoms with Crippen molar-refractivity contribution in [1.82, 2.24) is 0 Å². The van der Waals surface area contributed by atoms with Crippen LogP contribution in [-0.4, -0.2) is 17.3 Å². The molecule has 0 spiro atoms. The molecule has 0 heterocycles. The second-order valence-electron chi connectivity index (χ2n) is 5.08. The molecule has 0 N–H and O–H groups in total. The van der Waals surface area contributed by atoms with Gasteiger partial charge in [-0.3, -0.25) is 10.1 Å². The number of nitrogens with zero attached hydrogens (tertiary/aromatic N) is 1. The number of hydrogen-bond acceptors (Lipinski definition) is 2. The molecule has 1 aromatic carbocycles. The normalized spacial score (nSPS) is 20.6. The van der Waals surface area contributed by atoms with Gasteiger partial charge in [-0.1, -0.05) is 24.3 Å². The lowest BCUT2D eigenvalue weighted by Crippen LogP contribution is -2.53. The quantitative estimate of drug-likeness (QED) is 0.245. The van der Waals surface area contributed by atoms with Gasteiger partial charge in [0.15, 0.2) is 5.41 Å². The van der Waals surface area contributed by atoms with E-state index >= 15 is 0 Å². The Hall–Kier alpha value is -1.59. The predicted octanol–water partition coefficient (Wildman–Crippen LogP) is 5.68. The third kappa shape index (κ3) is 3.03. The molecule has 0 aromatic heterocycles. The van der Waals surface area contributed by atoms with Gasteiger partial charge in [-0.15, -0.1) is 0 Å². The van der Waals surface area contributed by atoms with Crippen molar-refractivity contribution in [2.75, 3.05) is 0 Å². The van der Waals surface area contributed by atoms with Gasteiger partial charge in [0.2, 0.25) is 0 Å². The number of hydrogen-bond donors (Lipinski definition) is 0. The van der Waals surface area contributed by atoms with Crippen molar-refractivity contribution in [2.45, 2.75) is 18.3 Å². The molecule has 24 heavy (non-hydrogen) atoms. The summed E-state index contributed by atoms with van der Waals surface area (Å²) < 4.78 is 80.8. The molecule has 0 aliphatic heterocycles. The van der Waals surface area contributed by atoms with Crippen molar-refractivity contribution in [3.63, 3.8) is 0 Å². The monoisotopic (exact) mass is 463 g/mol. The molecule has 2 rings (SSSR count). The topological polar surface area (TPSA) is 43.1 Å². The van der Waals surface area contributed by atoms with Crippen LogP contribution < -0.4 is 0 Å². The fourth-order valence-corrected chi connectivity index (χ4v) is 3.25. The van der Waals surface area contributed by atoms with Crippen LogP contribution in [-0.2, 0) is 0 Å². The lowest BCUT2D eigenvalue weighted by molar-refractivity contribution is -0.384. The SMILES string of the molecule is O=[N+]([O-])c1ccc(C2C=CC(I)=CC2(C(F)(F)F)C(F)(F)F)cc1. The van der Waals surface area contributed by atoms with Crippen LogP contribution in [0.1, 0.15) is 11.5 Å². The van der Waals surface area contributed by atoms with Gasteiger partial charge < -0.3 is 0 Å². The summed E-state index contributed by atoms with van der Waals surface area (Å²) in [4.78, 5) is 9.81. The fraction of sp³-hybridized carbons (Fsp3) is 0.286. The van der Waals surface area contributed by atoms with Crippen LogP contribution in [0.25, 0.3) is 0 Å².